The molecule has 0 aromatic heterocycles. The fraction of sp³-hybridized carbons (Fsp3) is 0.278. The van der Waals surface area contributed by atoms with Crippen LogP contribution in [0.4, 0.5) is 5.69 Å². The molecule has 0 amide bonds. The van der Waals surface area contributed by atoms with E-state index in [9.17, 15) is 4.79 Å². The summed E-state index contributed by atoms with van der Waals surface area (Å²) < 4.78 is 15.7. The van der Waals surface area contributed by atoms with Gasteiger partial charge in [0.15, 0.2) is 17.3 Å². The maximum Gasteiger partial charge on any atom is 0.174 e. The number of anilines is 1. The van der Waals surface area contributed by atoms with E-state index in [0.29, 0.717) is 23.6 Å². The third-order valence-corrected chi connectivity index (χ3v) is 4.12. The van der Waals surface area contributed by atoms with Crippen molar-refractivity contribution in [2.45, 2.75) is 5.92 Å². The molecule has 1 aliphatic rings. The monoisotopic (exact) mass is 313 g/mol. The first-order valence-corrected chi connectivity index (χ1v) is 7.36. The maximum absolute atomic E-state index is 12.9. The number of ether oxygens (including phenoxy) is 3. The third-order valence-electron chi connectivity index (χ3n) is 4.12. The Balaban J connectivity index is 1.96. The fourth-order valence-electron chi connectivity index (χ4n) is 2.83. The summed E-state index contributed by atoms with van der Waals surface area (Å²) in [7, 11) is 4.76. The third kappa shape index (κ3) is 2.70. The Morgan fingerprint density at radius 2 is 1.61 bits per heavy atom. The quantitative estimate of drug-likeness (QED) is 0.940. The molecule has 1 N–H and O–H groups in total. The molecule has 5 nitrogen and oxygen atoms in total. The first-order chi connectivity index (χ1) is 11.2. The zero-order valence-corrected chi connectivity index (χ0v) is 13.4. The van der Waals surface area contributed by atoms with Gasteiger partial charge in [0, 0.05) is 23.9 Å². The van der Waals surface area contributed by atoms with Gasteiger partial charge in [0.05, 0.1) is 27.2 Å². The summed E-state index contributed by atoms with van der Waals surface area (Å²) in [5, 5.41) is 3.31. The number of rotatable bonds is 4. The van der Waals surface area contributed by atoms with Crippen molar-refractivity contribution in [3.05, 3.63) is 47.5 Å². The van der Waals surface area contributed by atoms with Gasteiger partial charge in [0.25, 0.3) is 0 Å². The molecule has 120 valence electrons. The average molecular weight is 313 g/mol. The van der Waals surface area contributed by atoms with Crippen LogP contribution in [0.2, 0.25) is 0 Å². The summed E-state index contributed by atoms with van der Waals surface area (Å²) in [4.78, 5) is 12.9. The molecule has 0 spiro atoms. The molecule has 0 saturated heterocycles. The van der Waals surface area contributed by atoms with E-state index >= 15 is 0 Å². The lowest BCUT2D eigenvalue weighted by Crippen LogP contribution is -2.28. The number of methoxy groups -OCH3 is 3. The number of hydrogen-bond acceptors (Lipinski definition) is 5. The van der Waals surface area contributed by atoms with Gasteiger partial charge in [-0.05, 0) is 23.8 Å². The van der Waals surface area contributed by atoms with Gasteiger partial charge in [-0.25, -0.2) is 0 Å². The minimum absolute atomic E-state index is 0.0740. The fourth-order valence-corrected chi connectivity index (χ4v) is 2.83. The molecule has 1 unspecified atom stereocenters. The van der Waals surface area contributed by atoms with Crippen LogP contribution in [0.1, 0.15) is 21.8 Å². The van der Waals surface area contributed by atoms with Gasteiger partial charge in [0.2, 0.25) is 0 Å². The van der Waals surface area contributed by atoms with E-state index in [4.69, 9.17) is 14.2 Å². The number of ketones is 1. The molecule has 0 bridgehead atoms. The summed E-state index contributed by atoms with van der Waals surface area (Å²) >= 11 is 0. The van der Waals surface area contributed by atoms with Crippen LogP contribution < -0.4 is 19.5 Å². The Labute approximate surface area is 135 Å². The normalized spacial score (nSPS) is 16.3. The molecule has 2 aromatic rings. The first-order valence-electron chi connectivity index (χ1n) is 7.36. The number of benzene rings is 2. The lowest BCUT2D eigenvalue weighted by Gasteiger charge is -2.26. The van der Waals surface area contributed by atoms with Crippen LogP contribution >= 0.6 is 0 Å². The van der Waals surface area contributed by atoms with Crippen LogP contribution in [-0.4, -0.2) is 33.7 Å². The Bertz CT molecular complexity index is 725. The van der Waals surface area contributed by atoms with Gasteiger partial charge in [-0.2, -0.15) is 0 Å². The summed E-state index contributed by atoms with van der Waals surface area (Å²) in [6.45, 7) is 0.549. The number of carbonyl (C=O) groups is 1. The summed E-state index contributed by atoms with van der Waals surface area (Å²) in [5.74, 6) is 1.78. The molecule has 2 aromatic carbocycles. The molecule has 1 aliphatic heterocycles. The number of Topliss-reactive ketones (excluding diaryl/α,β-unsaturated/α-hetero) is 1. The lowest BCUT2D eigenvalue weighted by atomic mass is 9.86. The largest absolute Gasteiger partial charge is 0.497 e. The highest BCUT2D eigenvalue weighted by atomic mass is 16.5. The van der Waals surface area contributed by atoms with Gasteiger partial charge in [-0.3, -0.25) is 4.79 Å². The van der Waals surface area contributed by atoms with Crippen molar-refractivity contribution in [1.29, 1.82) is 0 Å². The second-order valence-electron chi connectivity index (χ2n) is 5.32. The highest BCUT2D eigenvalue weighted by Gasteiger charge is 2.30. The molecule has 5 heteroatoms. The van der Waals surface area contributed by atoms with Gasteiger partial charge < -0.3 is 19.5 Å². The van der Waals surface area contributed by atoms with Crippen LogP contribution in [0.25, 0.3) is 0 Å². The molecule has 0 radical (unpaired) electrons. The zero-order valence-electron chi connectivity index (χ0n) is 13.4. The predicted octanol–water partition coefficient (Wildman–Crippen LogP) is 3.10. The number of fused-ring (bicyclic) bond motifs is 1. The van der Waals surface area contributed by atoms with Crippen molar-refractivity contribution >= 4 is 11.5 Å². The van der Waals surface area contributed by atoms with E-state index < -0.39 is 0 Å². The highest BCUT2D eigenvalue weighted by molar-refractivity contribution is 6.08. The Morgan fingerprint density at radius 3 is 2.22 bits per heavy atom. The van der Waals surface area contributed by atoms with Crippen LogP contribution in [-0.2, 0) is 0 Å². The van der Waals surface area contributed by atoms with Gasteiger partial charge in [-0.1, -0.05) is 12.1 Å². The van der Waals surface area contributed by atoms with Crippen LogP contribution in [0, 0.1) is 0 Å². The molecule has 0 aliphatic carbocycles. The Kier molecular flexibility index (Phi) is 4.10. The number of carbonyl (C=O) groups excluding carboxylic acids is 1. The molecule has 0 saturated carbocycles. The maximum atomic E-state index is 12.9. The van der Waals surface area contributed by atoms with Crippen molar-refractivity contribution in [3.63, 3.8) is 0 Å². The average Bonchev–Trinajstić information content (AvgIpc) is 2.61. The standard InChI is InChI=1S/C18H19NO4/c1-21-12-6-4-11(5-7-12)14-10-19-15-9-17(23-3)16(22-2)8-13(15)18(14)20/h4-9,14,19H,10H2,1-3H3. The van der Waals surface area contributed by atoms with Crippen LogP contribution in [0.3, 0.4) is 0 Å². The van der Waals surface area contributed by atoms with E-state index in [0.717, 1.165) is 17.0 Å². The Hall–Kier alpha value is -2.69. The highest BCUT2D eigenvalue weighted by Crippen LogP contribution is 2.38. The molecular formula is C18H19NO4. The lowest BCUT2D eigenvalue weighted by molar-refractivity contribution is 0.0960. The molecule has 1 heterocycles. The minimum Gasteiger partial charge on any atom is -0.497 e. The van der Waals surface area contributed by atoms with Crippen LogP contribution in [0.5, 0.6) is 17.2 Å². The van der Waals surface area contributed by atoms with E-state index in [1.54, 1.807) is 33.5 Å². The van der Waals surface area contributed by atoms with Gasteiger partial charge in [0.1, 0.15) is 5.75 Å². The molecule has 23 heavy (non-hydrogen) atoms. The Morgan fingerprint density at radius 1 is 0.957 bits per heavy atom. The predicted molar refractivity (Wildman–Crippen MR) is 88.1 cm³/mol. The number of nitrogens with one attached hydrogen (secondary N) is 1. The van der Waals surface area contributed by atoms with E-state index in [1.807, 2.05) is 24.3 Å². The summed E-state index contributed by atoms with van der Waals surface area (Å²) in [6, 6.07) is 11.1. The molecule has 0 fully saturated rings. The van der Waals surface area contributed by atoms with Crippen molar-refractivity contribution < 1.29 is 19.0 Å². The molecule has 1 atom stereocenters. The summed E-state index contributed by atoms with van der Waals surface area (Å²) in [6.07, 6.45) is 0. The van der Waals surface area contributed by atoms with Crippen molar-refractivity contribution in [2.75, 3.05) is 33.2 Å². The minimum atomic E-state index is -0.230. The second kappa shape index (κ2) is 6.20. The summed E-state index contributed by atoms with van der Waals surface area (Å²) in [5.41, 5.74) is 2.36. The SMILES string of the molecule is COc1ccc(C2CNc3cc(OC)c(OC)cc3C2=O)cc1. The van der Waals surface area contributed by atoms with Crippen molar-refractivity contribution in [3.8, 4) is 17.2 Å². The first kappa shape index (κ1) is 15.2. The topological polar surface area (TPSA) is 56.8 Å². The van der Waals surface area contributed by atoms with Crippen LogP contribution in [0.15, 0.2) is 36.4 Å². The number of hydrogen-bond donors (Lipinski definition) is 1. The molecule has 3 rings (SSSR count). The van der Waals surface area contributed by atoms with E-state index in [-0.39, 0.29) is 11.7 Å². The van der Waals surface area contributed by atoms with E-state index in [2.05, 4.69) is 5.32 Å². The van der Waals surface area contributed by atoms with Crippen molar-refractivity contribution in [2.24, 2.45) is 0 Å². The van der Waals surface area contributed by atoms with Gasteiger partial charge in [-0.15, -0.1) is 0 Å². The second-order valence-corrected chi connectivity index (χ2v) is 5.32. The van der Waals surface area contributed by atoms with E-state index in [1.165, 1.54) is 0 Å². The smallest absolute Gasteiger partial charge is 0.174 e. The van der Waals surface area contributed by atoms with Gasteiger partial charge >= 0.3 is 0 Å². The molecular weight excluding hydrogens is 294 g/mol. The van der Waals surface area contributed by atoms with Crippen molar-refractivity contribution in [1.82, 2.24) is 0 Å². The zero-order chi connectivity index (χ0) is 16.4.